The van der Waals surface area contributed by atoms with Crippen molar-refractivity contribution >= 4 is 5.91 Å². The minimum Gasteiger partial charge on any atom is -0.373 e. The molecular weight excluding hydrogens is 292 g/mol. The summed E-state index contributed by atoms with van der Waals surface area (Å²) in [6.45, 7) is 0. The Morgan fingerprint density at radius 3 is 2.61 bits per heavy atom. The van der Waals surface area contributed by atoms with E-state index in [9.17, 15) is 9.59 Å². The van der Waals surface area contributed by atoms with Crippen molar-refractivity contribution in [2.75, 3.05) is 0 Å². The first kappa shape index (κ1) is 16.2. The second-order valence-electron chi connectivity index (χ2n) is 6.81. The molecule has 126 valence electrons. The molecule has 1 N–H and O–H groups in total. The van der Waals surface area contributed by atoms with Gasteiger partial charge in [-0.1, -0.05) is 25.7 Å². The Bertz CT molecular complexity index is 605. The van der Waals surface area contributed by atoms with Crippen LogP contribution in [0.15, 0.2) is 23.1 Å². The molecule has 3 rings (SSSR count). The van der Waals surface area contributed by atoms with E-state index in [1.807, 2.05) is 0 Å². The maximum Gasteiger partial charge on any atom is 0.251 e. The van der Waals surface area contributed by atoms with Crippen molar-refractivity contribution < 1.29 is 9.53 Å². The van der Waals surface area contributed by atoms with Gasteiger partial charge < -0.3 is 14.6 Å². The molecule has 1 aromatic rings. The predicted molar refractivity (Wildman–Crippen MR) is 88.5 cm³/mol. The lowest BCUT2D eigenvalue weighted by molar-refractivity contribution is -0.0419. The van der Waals surface area contributed by atoms with E-state index in [0.717, 1.165) is 38.5 Å². The maximum atomic E-state index is 12.4. The van der Waals surface area contributed by atoms with Gasteiger partial charge in [0, 0.05) is 24.9 Å². The summed E-state index contributed by atoms with van der Waals surface area (Å²) >= 11 is 0. The number of pyridine rings is 1. The first-order valence-electron chi connectivity index (χ1n) is 8.76. The monoisotopic (exact) mass is 318 g/mol. The molecule has 0 aliphatic heterocycles. The van der Waals surface area contributed by atoms with Crippen molar-refractivity contribution in [2.24, 2.45) is 7.05 Å². The fourth-order valence-corrected chi connectivity index (χ4v) is 3.64. The second kappa shape index (κ2) is 7.30. The van der Waals surface area contributed by atoms with Crippen LogP contribution in [-0.2, 0) is 11.8 Å². The maximum absolute atomic E-state index is 12.4. The Kier molecular flexibility index (Phi) is 5.16. The summed E-state index contributed by atoms with van der Waals surface area (Å²) in [7, 11) is 1.68. The number of amides is 1. The largest absolute Gasteiger partial charge is 0.373 e. The molecule has 0 bridgehead atoms. The van der Waals surface area contributed by atoms with E-state index < -0.39 is 0 Å². The Hall–Kier alpha value is -1.62. The van der Waals surface area contributed by atoms with Gasteiger partial charge in [-0.15, -0.1) is 0 Å². The van der Waals surface area contributed by atoms with Crippen LogP contribution in [0.4, 0.5) is 0 Å². The van der Waals surface area contributed by atoms with E-state index in [-0.39, 0.29) is 23.6 Å². The van der Waals surface area contributed by atoms with Gasteiger partial charge in [0.15, 0.2) is 0 Å². The number of hydrogen-bond donors (Lipinski definition) is 1. The SMILES string of the molecule is Cn1ccc(C(=O)N[C@H]2CCCC[C@H]2OC2CCCC2)cc1=O. The number of nitrogens with one attached hydrogen (secondary N) is 1. The molecule has 0 saturated heterocycles. The molecular formula is C18H26N2O3. The number of aromatic nitrogens is 1. The summed E-state index contributed by atoms with van der Waals surface area (Å²) in [6.07, 6.45) is 11.1. The van der Waals surface area contributed by atoms with Gasteiger partial charge in [0.1, 0.15) is 0 Å². The number of ether oxygens (including phenoxy) is 1. The van der Waals surface area contributed by atoms with Gasteiger partial charge in [-0.05, 0) is 31.7 Å². The van der Waals surface area contributed by atoms with Crippen molar-refractivity contribution in [3.63, 3.8) is 0 Å². The van der Waals surface area contributed by atoms with E-state index in [1.165, 1.54) is 23.5 Å². The third-order valence-electron chi connectivity index (χ3n) is 5.05. The molecule has 0 aromatic carbocycles. The minimum atomic E-state index is -0.172. The number of carbonyl (C=O) groups excluding carboxylic acids is 1. The fourth-order valence-electron chi connectivity index (χ4n) is 3.64. The van der Waals surface area contributed by atoms with Crippen LogP contribution >= 0.6 is 0 Å². The van der Waals surface area contributed by atoms with Gasteiger partial charge in [-0.2, -0.15) is 0 Å². The first-order valence-corrected chi connectivity index (χ1v) is 8.76. The summed E-state index contributed by atoms with van der Waals surface area (Å²) < 4.78 is 7.73. The lowest BCUT2D eigenvalue weighted by Crippen LogP contribution is -2.47. The number of hydrogen-bond acceptors (Lipinski definition) is 3. The second-order valence-corrected chi connectivity index (χ2v) is 6.81. The van der Waals surface area contributed by atoms with Crippen LogP contribution < -0.4 is 10.9 Å². The third kappa shape index (κ3) is 4.02. The van der Waals surface area contributed by atoms with Crippen LogP contribution in [0.2, 0.25) is 0 Å². The van der Waals surface area contributed by atoms with Crippen LogP contribution in [0.3, 0.4) is 0 Å². The fraction of sp³-hybridized carbons (Fsp3) is 0.667. The molecule has 2 atom stereocenters. The Morgan fingerprint density at radius 1 is 1.17 bits per heavy atom. The summed E-state index contributed by atoms with van der Waals surface area (Å²) in [5.41, 5.74) is 0.262. The van der Waals surface area contributed by atoms with Crippen molar-refractivity contribution in [3.05, 3.63) is 34.2 Å². The normalized spacial score (nSPS) is 25.4. The smallest absolute Gasteiger partial charge is 0.251 e. The van der Waals surface area contributed by atoms with Crippen LogP contribution in [-0.4, -0.2) is 28.7 Å². The Labute approximate surface area is 137 Å². The predicted octanol–water partition coefficient (Wildman–Crippen LogP) is 2.39. The molecule has 0 unspecified atom stereocenters. The zero-order valence-corrected chi connectivity index (χ0v) is 13.8. The molecule has 2 aliphatic carbocycles. The van der Waals surface area contributed by atoms with Crippen LogP contribution in [0, 0.1) is 0 Å². The third-order valence-corrected chi connectivity index (χ3v) is 5.05. The summed E-state index contributed by atoms with van der Waals surface area (Å²) in [5, 5.41) is 3.09. The highest BCUT2D eigenvalue weighted by Gasteiger charge is 2.30. The molecule has 2 fully saturated rings. The van der Waals surface area contributed by atoms with Crippen molar-refractivity contribution in [1.82, 2.24) is 9.88 Å². The van der Waals surface area contributed by atoms with Gasteiger partial charge >= 0.3 is 0 Å². The van der Waals surface area contributed by atoms with E-state index in [0.29, 0.717) is 11.7 Å². The van der Waals surface area contributed by atoms with Crippen molar-refractivity contribution in [2.45, 2.75) is 69.6 Å². The van der Waals surface area contributed by atoms with Gasteiger partial charge in [0.05, 0.1) is 18.2 Å². The average molecular weight is 318 g/mol. The Balaban J connectivity index is 1.64. The zero-order chi connectivity index (χ0) is 16.2. The molecule has 5 nitrogen and oxygen atoms in total. The molecule has 1 aromatic heterocycles. The van der Waals surface area contributed by atoms with E-state index in [2.05, 4.69) is 5.32 Å². The average Bonchev–Trinajstić information content (AvgIpc) is 3.05. The quantitative estimate of drug-likeness (QED) is 0.927. The van der Waals surface area contributed by atoms with Gasteiger partial charge in [0.2, 0.25) is 0 Å². The zero-order valence-electron chi connectivity index (χ0n) is 13.8. The van der Waals surface area contributed by atoms with E-state index in [1.54, 1.807) is 19.3 Å². The van der Waals surface area contributed by atoms with Crippen LogP contribution in [0.5, 0.6) is 0 Å². The molecule has 23 heavy (non-hydrogen) atoms. The summed E-state index contributed by atoms with van der Waals surface area (Å²) in [5.74, 6) is -0.172. The number of nitrogens with zero attached hydrogens (tertiary/aromatic N) is 1. The number of aryl methyl sites for hydroxylation is 1. The first-order chi connectivity index (χ1) is 11.1. The summed E-state index contributed by atoms with van der Waals surface area (Å²) in [4.78, 5) is 24.1. The highest BCUT2D eigenvalue weighted by molar-refractivity contribution is 5.94. The van der Waals surface area contributed by atoms with Crippen LogP contribution in [0.25, 0.3) is 0 Å². The minimum absolute atomic E-state index is 0.0564. The molecule has 1 amide bonds. The molecule has 5 heteroatoms. The van der Waals surface area contributed by atoms with Gasteiger partial charge in [-0.25, -0.2) is 0 Å². The van der Waals surface area contributed by atoms with Crippen molar-refractivity contribution in [3.8, 4) is 0 Å². The lowest BCUT2D eigenvalue weighted by atomic mass is 9.92. The number of rotatable bonds is 4. The topological polar surface area (TPSA) is 60.3 Å². The molecule has 0 radical (unpaired) electrons. The lowest BCUT2D eigenvalue weighted by Gasteiger charge is -2.34. The highest BCUT2D eigenvalue weighted by atomic mass is 16.5. The van der Waals surface area contributed by atoms with E-state index >= 15 is 0 Å². The molecule has 0 spiro atoms. The van der Waals surface area contributed by atoms with Gasteiger partial charge in [0.25, 0.3) is 11.5 Å². The summed E-state index contributed by atoms with van der Waals surface area (Å²) in [6, 6.07) is 3.14. The van der Waals surface area contributed by atoms with E-state index in [4.69, 9.17) is 4.74 Å². The molecule has 1 heterocycles. The molecule has 2 saturated carbocycles. The number of carbonyl (C=O) groups is 1. The standard InChI is InChI=1S/C18H26N2O3/c1-20-11-10-13(12-17(20)21)18(22)19-15-8-4-5-9-16(15)23-14-6-2-3-7-14/h10-12,14-16H,2-9H2,1H3,(H,19,22)/t15-,16+/m0/s1. The van der Waals surface area contributed by atoms with Gasteiger partial charge in [-0.3, -0.25) is 9.59 Å². The molecule has 2 aliphatic rings. The van der Waals surface area contributed by atoms with Crippen molar-refractivity contribution in [1.29, 1.82) is 0 Å². The highest BCUT2D eigenvalue weighted by Crippen LogP contribution is 2.28. The Morgan fingerprint density at radius 2 is 1.87 bits per heavy atom. The van der Waals surface area contributed by atoms with Crippen LogP contribution in [0.1, 0.15) is 61.7 Å².